The standard InChI is InChI=1S/C12H14FN3O2/c13-11-2-1-9(5-10(11)6-14)7-16-3-4-18-8-12(15)17/h1-2,5,16H,3-4,7-8H2,(H2,15,17). The average Bonchev–Trinajstić information content (AvgIpc) is 2.35. The van der Waals surface area contributed by atoms with Crippen molar-refractivity contribution in [1.82, 2.24) is 5.32 Å². The van der Waals surface area contributed by atoms with E-state index in [1.807, 2.05) is 0 Å². The SMILES string of the molecule is N#Cc1cc(CNCCOCC(N)=O)ccc1F. The van der Waals surface area contributed by atoms with Gasteiger partial charge in [0.2, 0.25) is 5.91 Å². The number of amides is 1. The molecule has 0 aliphatic carbocycles. The Morgan fingerprint density at radius 3 is 3.00 bits per heavy atom. The topological polar surface area (TPSA) is 88.1 Å². The van der Waals surface area contributed by atoms with E-state index in [1.165, 1.54) is 12.1 Å². The molecule has 0 heterocycles. The summed E-state index contributed by atoms with van der Waals surface area (Å²) in [5, 5.41) is 11.7. The van der Waals surface area contributed by atoms with Gasteiger partial charge in [-0.05, 0) is 17.7 Å². The second-order valence-corrected chi connectivity index (χ2v) is 3.62. The molecule has 5 nitrogen and oxygen atoms in total. The lowest BCUT2D eigenvalue weighted by atomic mass is 10.1. The number of hydrogen-bond donors (Lipinski definition) is 2. The lowest BCUT2D eigenvalue weighted by Gasteiger charge is -2.05. The van der Waals surface area contributed by atoms with Crippen LogP contribution in [0.5, 0.6) is 0 Å². The summed E-state index contributed by atoms with van der Waals surface area (Å²) in [5.41, 5.74) is 5.73. The number of nitrogens with zero attached hydrogens (tertiary/aromatic N) is 1. The summed E-state index contributed by atoms with van der Waals surface area (Å²) >= 11 is 0. The maximum atomic E-state index is 13.0. The molecule has 0 aromatic heterocycles. The summed E-state index contributed by atoms with van der Waals surface area (Å²) in [6.45, 7) is 1.29. The number of nitriles is 1. The van der Waals surface area contributed by atoms with Crippen LogP contribution in [-0.2, 0) is 16.1 Å². The Labute approximate surface area is 104 Å². The number of benzene rings is 1. The van der Waals surface area contributed by atoms with Crippen molar-refractivity contribution in [2.24, 2.45) is 5.73 Å². The molecule has 0 aliphatic heterocycles. The van der Waals surface area contributed by atoms with Gasteiger partial charge in [0.25, 0.3) is 0 Å². The fourth-order valence-electron chi connectivity index (χ4n) is 1.32. The van der Waals surface area contributed by atoms with Crippen molar-refractivity contribution in [3.05, 3.63) is 35.1 Å². The van der Waals surface area contributed by atoms with Crippen LogP contribution in [0.15, 0.2) is 18.2 Å². The van der Waals surface area contributed by atoms with Crippen LogP contribution in [0.3, 0.4) is 0 Å². The Balaban J connectivity index is 2.28. The maximum absolute atomic E-state index is 13.0. The van der Waals surface area contributed by atoms with Crippen molar-refractivity contribution in [3.8, 4) is 6.07 Å². The Morgan fingerprint density at radius 2 is 2.33 bits per heavy atom. The smallest absolute Gasteiger partial charge is 0.243 e. The number of carbonyl (C=O) groups is 1. The van der Waals surface area contributed by atoms with Gasteiger partial charge in [0.1, 0.15) is 18.5 Å². The van der Waals surface area contributed by atoms with E-state index in [0.29, 0.717) is 19.7 Å². The van der Waals surface area contributed by atoms with Crippen LogP contribution in [0.4, 0.5) is 4.39 Å². The number of nitrogens with one attached hydrogen (secondary N) is 1. The van der Waals surface area contributed by atoms with E-state index in [9.17, 15) is 9.18 Å². The fraction of sp³-hybridized carbons (Fsp3) is 0.333. The second-order valence-electron chi connectivity index (χ2n) is 3.62. The first-order valence-electron chi connectivity index (χ1n) is 5.38. The maximum Gasteiger partial charge on any atom is 0.243 e. The van der Waals surface area contributed by atoms with Gasteiger partial charge < -0.3 is 15.8 Å². The molecule has 1 rings (SSSR count). The fourth-order valence-corrected chi connectivity index (χ4v) is 1.32. The molecule has 0 atom stereocenters. The molecule has 0 aliphatic rings. The number of rotatable bonds is 7. The molecule has 0 bridgehead atoms. The van der Waals surface area contributed by atoms with Gasteiger partial charge in [0.15, 0.2) is 0 Å². The van der Waals surface area contributed by atoms with Crippen LogP contribution in [0.1, 0.15) is 11.1 Å². The molecule has 6 heteroatoms. The molecule has 1 amide bonds. The zero-order valence-corrected chi connectivity index (χ0v) is 9.78. The summed E-state index contributed by atoms with van der Waals surface area (Å²) in [6.07, 6.45) is 0. The van der Waals surface area contributed by atoms with Gasteiger partial charge in [-0.3, -0.25) is 4.79 Å². The van der Waals surface area contributed by atoms with Crippen LogP contribution in [0, 0.1) is 17.1 Å². The molecule has 0 radical (unpaired) electrons. The van der Waals surface area contributed by atoms with Crippen molar-refractivity contribution >= 4 is 5.91 Å². The van der Waals surface area contributed by atoms with Crippen molar-refractivity contribution in [3.63, 3.8) is 0 Å². The Morgan fingerprint density at radius 1 is 1.56 bits per heavy atom. The third-order valence-corrected chi connectivity index (χ3v) is 2.15. The van der Waals surface area contributed by atoms with E-state index in [-0.39, 0.29) is 12.2 Å². The third-order valence-electron chi connectivity index (χ3n) is 2.15. The molecule has 18 heavy (non-hydrogen) atoms. The summed E-state index contributed by atoms with van der Waals surface area (Å²) in [5.74, 6) is -1.03. The van der Waals surface area contributed by atoms with Crippen LogP contribution in [0.2, 0.25) is 0 Å². The van der Waals surface area contributed by atoms with Crippen LogP contribution in [-0.4, -0.2) is 25.7 Å². The molecule has 3 N–H and O–H groups in total. The van der Waals surface area contributed by atoms with Crippen molar-refractivity contribution in [1.29, 1.82) is 5.26 Å². The Bertz CT molecular complexity index is 457. The highest BCUT2D eigenvalue weighted by molar-refractivity contribution is 5.74. The van der Waals surface area contributed by atoms with Crippen LogP contribution >= 0.6 is 0 Å². The molecule has 1 aromatic carbocycles. The summed E-state index contributed by atoms with van der Waals surface area (Å²) < 4.78 is 18.0. The Kier molecular flexibility index (Phi) is 5.77. The number of nitrogens with two attached hydrogens (primary N) is 1. The molecule has 0 spiro atoms. The van der Waals surface area contributed by atoms with Crippen molar-refractivity contribution < 1.29 is 13.9 Å². The number of hydrogen-bond acceptors (Lipinski definition) is 4. The largest absolute Gasteiger partial charge is 0.370 e. The average molecular weight is 251 g/mol. The van der Waals surface area contributed by atoms with E-state index < -0.39 is 11.7 Å². The first kappa shape index (κ1) is 14.1. The van der Waals surface area contributed by atoms with E-state index in [0.717, 1.165) is 5.56 Å². The number of ether oxygens (including phenoxy) is 1. The molecule has 96 valence electrons. The summed E-state index contributed by atoms with van der Waals surface area (Å²) in [7, 11) is 0. The molecule has 0 saturated heterocycles. The highest BCUT2D eigenvalue weighted by Gasteiger charge is 2.02. The minimum Gasteiger partial charge on any atom is -0.370 e. The first-order chi connectivity index (χ1) is 8.63. The number of carbonyl (C=O) groups excluding carboxylic acids is 1. The zero-order chi connectivity index (χ0) is 13.4. The van der Waals surface area contributed by atoms with Gasteiger partial charge in [-0.15, -0.1) is 0 Å². The zero-order valence-electron chi connectivity index (χ0n) is 9.78. The van der Waals surface area contributed by atoms with Gasteiger partial charge >= 0.3 is 0 Å². The lowest BCUT2D eigenvalue weighted by Crippen LogP contribution is -2.23. The van der Waals surface area contributed by atoms with E-state index in [1.54, 1.807) is 12.1 Å². The van der Waals surface area contributed by atoms with E-state index in [4.69, 9.17) is 15.7 Å². The van der Waals surface area contributed by atoms with Crippen molar-refractivity contribution in [2.45, 2.75) is 6.54 Å². The van der Waals surface area contributed by atoms with Gasteiger partial charge in [-0.2, -0.15) is 5.26 Å². The normalized spacial score (nSPS) is 10.0. The summed E-state index contributed by atoms with van der Waals surface area (Å²) in [4.78, 5) is 10.4. The van der Waals surface area contributed by atoms with Gasteiger partial charge in [0, 0.05) is 13.1 Å². The third kappa shape index (κ3) is 4.91. The number of halogens is 1. The molecule has 0 saturated carbocycles. The number of primary amides is 1. The van der Waals surface area contributed by atoms with E-state index in [2.05, 4.69) is 5.32 Å². The molecule has 0 unspecified atom stereocenters. The van der Waals surface area contributed by atoms with Gasteiger partial charge in [-0.1, -0.05) is 6.07 Å². The predicted octanol–water partition coefficient (Wildman–Crippen LogP) is 0.289. The molecule has 1 aromatic rings. The highest BCUT2D eigenvalue weighted by Crippen LogP contribution is 2.09. The minimum atomic E-state index is -0.522. The lowest BCUT2D eigenvalue weighted by molar-refractivity contribution is -0.122. The molecule has 0 fully saturated rings. The monoisotopic (exact) mass is 251 g/mol. The van der Waals surface area contributed by atoms with Crippen molar-refractivity contribution in [2.75, 3.05) is 19.8 Å². The predicted molar refractivity (Wildman–Crippen MR) is 62.8 cm³/mol. The molecular weight excluding hydrogens is 237 g/mol. The minimum absolute atomic E-state index is 0.0271. The van der Waals surface area contributed by atoms with Crippen LogP contribution < -0.4 is 11.1 Å². The Hall–Kier alpha value is -1.97. The van der Waals surface area contributed by atoms with Gasteiger partial charge in [-0.25, -0.2) is 4.39 Å². The van der Waals surface area contributed by atoms with E-state index >= 15 is 0 Å². The summed E-state index contributed by atoms with van der Waals surface area (Å²) in [6, 6.07) is 6.14. The second kappa shape index (κ2) is 7.37. The first-order valence-corrected chi connectivity index (χ1v) is 5.38. The molecular formula is C12H14FN3O2. The highest BCUT2D eigenvalue weighted by atomic mass is 19.1. The quantitative estimate of drug-likeness (QED) is 0.682. The van der Waals surface area contributed by atoms with Crippen LogP contribution in [0.25, 0.3) is 0 Å². The van der Waals surface area contributed by atoms with Gasteiger partial charge in [0.05, 0.1) is 12.2 Å².